The molecule has 1 aliphatic rings. The van der Waals surface area contributed by atoms with Gasteiger partial charge in [-0.3, -0.25) is 9.59 Å². The quantitative estimate of drug-likeness (QED) is 0.683. The Kier molecular flexibility index (Phi) is 6.75. The van der Waals surface area contributed by atoms with Crippen LogP contribution in [0.4, 0.5) is 0 Å². The molecular weight excluding hydrogens is 368 g/mol. The van der Waals surface area contributed by atoms with E-state index in [4.69, 9.17) is 9.47 Å². The fraction of sp³-hybridized carbons (Fsp3) is 0.391. The second-order valence-electron chi connectivity index (χ2n) is 7.39. The highest BCUT2D eigenvalue weighted by Gasteiger charge is 2.47. The lowest BCUT2D eigenvalue weighted by Gasteiger charge is -2.10. The van der Waals surface area contributed by atoms with E-state index in [0.717, 1.165) is 16.7 Å². The zero-order chi connectivity index (χ0) is 20.8. The Morgan fingerprint density at radius 2 is 1.66 bits per heavy atom. The van der Waals surface area contributed by atoms with Crippen molar-refractivity contribution in [3.05, 3.63) is 59.2 Å². The molecule has 1 saturated carbocycles. The molecule has 2 atom stereocenters. The van der Waals surface area contributed by atoms with E-state index in [1.807, 2.05) is 49.4 Å². The number of methoxy groups -OCH3 is 2. The van der Waals surface area contributed by atoms with E-state index in [1.165, 1.54) is 0 Å². The van der Waals surface area contributed by atoms with Crippen molar-refractivity contribution in [1.82, 2.24) is 10.6 Å². The normalized spacial score (nSPS) is 17.3. The van der Waals surface area contributed by atoms with Crippen LogP contribution in [0.5, 0.6) is 11.5 Å². The molecule has 1 fully saturated rings. The summed E-state index contributed by atoms with van der Waals surface area (Å²) in [6.07, 6.45) is 1.30. The van der Waals surface area contributed by atoms with Gasteiger partial charge in [-0.2, -0.15) is 0 Å². The SMILES string of the molecule is COc1ccc(CCNC(=O)C2CC2C(=O)NCc2cccc(C)c2)cc1OC. The number of amides is 2. The van der Waals surface area contributed by atoms with Gasteiger partial charge in [0, 0.05) is 13.1 Å². The Balaban J connectivity index is 1.40. The lowest BCUT2D eigenvalue weighted by Crippen LogP contribution is -2.31. The second-order valence-corrected chi connectivity index (χ2v) is 7.39. The van der Waals surface area contributed by atoms with E-state index in [0.29, 0.717) is 37.4 Å². The average Bonchev–Trinajstić information content (AvgIpc) is 3.53. The topological polar surface area (TPSA) is 76.7 Å². The van der Waals surface area contributed by atoms with Gasteiger partial charge in [-0.15, -0.1) is 0 Å². The molecule has 2 N–H and O–H groups in total. The van der Waals surface area contributed by atoms with Crippen LogP contribution in [-0.4, -0.2) is 32.6 Å². The Morgan fingerprint density at radius 1 is 0.931 bits per heavy atom. The number of benzene rings is 2. The van der Waals surface area contributed by atoms with Crippen LogP contribution in [0.2, 0.25) is 0 Å². The Bertz CT molecular complexity index is 881. The molecule has 0 spiro atoms. The minimum absolute atomic E-state index is 0.0495. The molecule has 154 valence electrons. The zero-order valence-corrected chi connectivity index (χ0v) is 17.2. The molecule has 2 aromatic rings. The molecule has 1 aliphatic carbocycles. The van der Waals surface area contributed by atoms with Gasteiger partial charge in [0.1, 0.15) is 0 Å². The van der Waals surface area contributed by atoms with Gasteiger partial charge in [-0.25, -0.2) is 0 Å². The van der Waals surface area contributed by atoms with Gasteiger partial charge in [0.05, 0.1) is 26.1 Å². The van der Waals surface area contributed by atoms with E-state index in [1.54, 1.807) is 14.2 Å². The third-order valence-corrected chi connectivity index (χ3v) is 5.17. The van der Waals surface area contributed by atoms with E-state index >= 15 is 0 Å². The van der Waals surface area contributed by atoms with Gasteiger partial charge in [0.15, 0.2) is 11.5 Å². The fourth-order valence-corrected chi connectivity index (χ4v) is 3.41. The molecule has 2 unspecified atom stereocenters. The van der Waals surface area contributed by atoms with Crippen LogP contribution in [0.25, 0.3) is 0 Å². The van der Waals surface area contributed by atoms with Crippen molar-refractivity contribution in [1.29, 1.82) is 0 Å². The summed E-state index contributed by atoms with van der Waals surface area (Å²) in [6, 6.07) is 13.7. The van der Waals surface area contributed by atoms with Crippen LogP contribution in [0.3, 0.4) is 0 Å². The molecule has 0 aromatic heterocycles. The van der Waals surface area contributed by atoms with Crippen LogP contribution in [0, 0.1) is 18.8 Å². The van der Waals surface area contributed by atoms with Gasteiger partial charge in [-0.1, -0.05) is 35.9 Å². The van der Waals surface area contributed by atoms with Crippen molar-refractivity contribution < 1.29 is 19.1 Å². The highest BCUT2D eigenvalue weighted by atomic mass is 16.5. The summed E-state index contributed by atoms with van der Waals surface area (Å²) in [6.45, 7) is 3.03. The van der Waals surface area contributed by atoms with Crippen molar-refractivity contribution in [3.63, 3.8) is 0 Å². The van der Waals surface area contributed by atoms with Crippen molar-refractivity contribution in [2.75, 3.05) is 20.8 Å². The Hall–Kier alpha value is -3.02. The maximum Gasteiger partial charge on any atom is 0.224 e. The number of hydrogen-bond acceptors (Lipinski definition) is 4. The Morgan fingerprint density at radius 3 is 2.34 bits per heavy atom. The summed E-state index contributed by atoms with van der Waals surface area (Å²) in [5.41, 5.74) is 3.27. The van der Waals surface area contributed by atoms with Gasteiger partial charge in [0.2, 0.25) is 11.8 Å². The van der Waals surface area contributed by atoms with Crippen LogP contribution < -0.4 is 20.1 Å². The number of aryl methyl sites for hydroxylation is 1. The first-order valence-corrected chi connectivity index (χ1v) is 9.83. The lowest BCUT2D eigenvalue weighted by atomic mass is 10.1. The maximum atomic E-state index is 12.3. The number of carbonyl (C=O) groups excluding carboxylic acids is 2. The summed E-state index contributed by atoms with van der Waals surface area (Å²) in [5.74, 6) is 0.799. The van der Waals surface area contributed by atoms with E-state index in [2.05, 4.69) is 10.6 Å². The van der Waals surface area contributed by atoms with Crippen LogP contribution in [0.1, 0.15) is 23.1 Å². The molecule has 29 heavy (non-hydrogen) atoms. The first kappa shape index (κ1) is 20.7. The van der Waals surface area contributed by atoms with Gasteiger partial charge in [-0.05, 0) is 43.0 Å². The first-order chi connectivity index (χ1) is 14.0. The highest BCUT2D eigenvalue weighted by Crippen LogP contribution is 2.38. The summed E-state index contributed by atoms with van der Waals surface area (Å²) in [7, 11) is 3.20. The van der Waals surface area contributed by atoms with Crippen molar-refractivity contribution in [3.8, 4) is 11.5 Å². The predicted molar refractivity (Wildman–Crippen MR) is 111 cm³/mol. The summed E-state index contributed by atoms with van der Waals surface area (Å²) < 4.78 is 10.5. The second kappa shape index (κ2) is 9.45. The molecule has 2 amide bonds. The molecule has 2 aromatic carbocycles. The van der Waals surface area contributed by atoms with Crippen LogP contribution >= 0.6 is 0 Å². The first-order valence-electron chi connectivity index (χ1n) is 9.83. The lowest BCUT2D eigenvalue weighted by molar-refractivity contribution is -0.127. The minimum atomic E-state index is -0.224. The number of nitrogens with one attached hydrogen (secondary N) is 2. The number of hydrogen-bond donors (Lipinski definition) is 2. The molecule has 0 radical (unpaired) electrons. The molecule has 0 aliphatic heterocycles. The molecule has 6 heteroatoms. The maximum absolute atomic E-state index is 12.3. The molecule has 0 saturated heterocycles. The summed E-state index contributed by atoms with van der Waals surface area (Å²) in [4.78, 5) is 24.6. The molecule has 3 rings (SSSR count). The monoisotopic (exact) mass is 396 g/mol. The van der Waals surface area contributed by atoms with Crippen molar-refractivity contribution >= 4 is 11.8 Å². The Labute approximate surface area is 171 Å². The van der Waals surface area contributed by atoms with Crippen LogP contribution in [0.15, 0.2) is 42.5 Å². The van der Waals surface area contributed by atoms with Gasteiger partial charge < -0.3 is 20.1 Å². The number of carbonyl (C=O) groups is 2. The van der Waals surface area contributed by atoms with Gasteiger partial charge in [0.25, 0.3) is 0 Å². The van der Waals surface area contributed by atoms with E-state index < -0.39 is 0 Å². The smallest absolute Gasteiger partial charge is 0.224 e. The molecular formula is C23H28N2O4. The van der Waals surface area contributed by atoms with Gasteiger partial charge >= 0.3 is 0 Å². The predicted octanol–water partition coefficient (Wildman–Crippen LogP) is 2.62. The molecule has 0 heterocycles. The molecule has 6 nitrogen and oxygen atoms in total. The average molecular weight is 396 g/mol. The third-order valence-electron chi connectivity index (χ3n) is 5.17. The molecule has 0 bridgehead atoms. The van der Waals surface area contributed by atoms with Crippen LogP contribution in [-0.2, 0) is 22.6 Å². The zero-order valence-electron chi connectivity index (χ0n) is 17.2. The largest absolute Gasteiger partial charge is 0.493 e. The highest BCUT2D eigenvalue weighted by molar-refractivity contribution is 5.92. The standard InChI is InChI=1S/C23H28N2O4/c1-15-5-4-6-17(11-15)14-25-23(27)19-13-18(19)22(26)24-10-9-16-7-8-20(28-2)21(12-16)29-3/h4-8,11-12,18-19H,9-10,13-14H2,1-3H3,(H,24,26)(H,25,27). The number of ether oxygens (including phenoxy) is 2. The van der Waals surface area contributed by atoms with E-state index in [-0.39, 0.29) is 23.7 Å². The van der Waals surface area contributed by atoms with E-state index in [9.17, 15) is 9.59 Å². The minimum Gasteiger partial charge on any atom is -0.493 e. The van der Waals surface area contributed by atoms with Crippen molar-refractivity contribution in [2.24, 2.45) is 11.8 Å². The van der Waals surface area contributed by atoms with Crippen molar-refractivity contribution in [2.45, 2.75) is 26.3 Å². The summed E-state index contributed by atoms with van der Waals surface area (Å²) in [5, 5.41) is 5.87. The summed E-state index contributed by atoms with van der Waals surface area (Å²) >= 11 is 0. The fourth-order valence-electron chi connectivity index (χ4n) is 3.41. The third kappa shape index (κ3) is 5.50. The number of rotatable bonds is 9.